The molecule has 1 N–H and O–H groups in total. The van der Waals surface area contributed by atoms with Gasteiger partial charge in [-0.1, -0.05) is 36.3 Å². The van der Waals surface area contributed by atoms with E-state index in [1.807, 2.05) is 19.1 Å². The molecule has 2 aromatic rings. The summed E-state index contributed by atoms with van der Waals surface area (Å²) in [5.74, 6) is 1.31. The second-order valence-corrected chi connectivity index (χ2v) is 6.49. The van der Waals surface area contributed by atoms with Crippen LogP contribution in [-0.4, -0.2) is 63.9 Å². The summed E-state index contributed by atoms with van der Waals surface area (Å²) >= 11 is 0. The van der Waals surface area contributed by atoms with Gasteiger partial charge in [0.2, 0.25) is 11.7 Å². The van der Waals surface area contributed by atoms with Crippen LogP contribution in [0.4, 0.5) is 0 Å². The van der Waals surface area contributed by atoms with Crippen LogP contribution in [0.15, 0.2) is 28.8 Å². The highest BCUT2D eigenvalue weighted by Crippen LogP contribution is 2.17. The molecule has 0 saturated carbocycles. The van der Waals surface area contributed by atoms with Gasteiger partial charge in [0.1, 0.15) is 0 Å². The normalized spacial score (nSPS) is 18.0. The second kappa shape index (κ2) is 7.88. The van der Waals surface area contributed by atoms with Gasteiger partial charge in [0, 0.05) is 38.3 Å². The summed E-state index contributed by atoms with van der Waals surface area (Å²) in [4.78, 5) is 9.13. The molecule has 1 aliphatic rings. The molecular weight excluding hydrogens is 304 g/mol. The Bertz CT molecular complexity index is 631. The number of β-amino-alcohol motifs (C(OH)–C–C–N with tert-alkyl or cyclic N) is 1. The summed E-state index contributed by atoms with van der Waals surface area (Å²) in [6, 6.07) is 8.30. The molecule has 1 atom stereocenters. The van der Waals surface area contributed by atoms with E-state index in [-0.39, 0.29) is 6.10 Å². The Morgan fingerprint density at radius 2 is 1.79 bits per heavy atom. The van der Waals surface area contributed by atoms with Crippen molar-refractivity contribution in [3.63, 3.8) is 0 Å². The molecular formula is C18H26N4O2. The van der Waals surface area contributed by atoms with E-state index in [9.17, 15) is 5.11 Å². The molecule has 6 heteroatoms. The first-order valence-electron chi connectivity index (χ1n) is 8.68. The van der Waals surface area contributed by atoms with Crippen LogP contribution in [0.25, 0.3) is 11.4 Å². The fourth-order valence-corrected chi connectivity index (χ4v) is 3.02. The van der Waals surface area contributed by atoms with E-state index in [4.69, 9.17) is 4.52 Å². The molecule has 1 saturated heterocycles. The molecule has 0 bridgehead atoms. The van der Waals surface area contributed by atoms with Crippen molar-refractivity contribution < 1.29 is 9.63 Å². The number of hydrogen-bond acceptors (Lipinski definition) is 6. The minimum atomic E-state index is -0.269. The van der Waals surface area contributed by atoms with E-state index in [1.165, 1.54) is 5.56 Å². The Kier molecular flexibility index (Phi) is 5.60. The molecule has 3 rings (SSSR count). The largest absolute Gasteiger partial charge is 0.392 e. The van der Waals surface area contributed by atoms with Gasteiger partial charge in [0.25, 0.3) is 0 Å². The summed E-state index contributed by atoms with van der Waals surface area (Å²) in [6.45, 7) is 9.23. The summed E-state index contributed by atoms with van der Waals surface area (Å²) < 4.78 is 5.41. The van der Waals surface area contributed by atoms with Crippen LogP contribution in [0, 0.1) is 0 Å². The zero-order valence-corrected chi connectivity index (χ0v) is 14.5. The third-order valence-electron chi connectivity index (χ3n) is 4.43. The number of aliphatic hydroxyl groups is 1. The molecule has 6 nitrogen and oxygen atoms in total. The summed E-state index contributed by atoms with van der Waals surface area (Å²) in [6.07, 6.45) is 0.757. The van der Waals surface area contributed by atoms with Crippen LogP contribution in [0.5, 0.6) is 0 Å². The highest BCUT2D eigenvalue weighted by molar-refractivity contribution is 5.54. The first-order chi connectivity index (χ1) is 11.6. The molecule has 0 radical (unpaired) electrons. The van der Waals surface area contributed by atoms with Crippen molar-refractivity contribution in [3.8, 4) is 11.4 Å². The van der Waals surface area contributed by atoms with Gasteiger partial charge in [-0.3, -0.25) is 9.80 Å². The number of benzene rings is 1. The highest BCUT2D eigenvalue weighted by atomic mass is 16.5. The lowest BCUT2D eigenvalue weighted by atomic mass is 10.1. The van der Waals surface area contributed by atoms with Gasteiger partial charge in [-0.2, -0.15) is 4.98 Å². The SMILES string of the molecule is CCc1ccc(-c2noc(CN3CCN(C[C@@H](C)O)CC3)n2)cc1. The molecule has 130 valence electrons. The molecule has 2 heterocycles. The molecule has 1 aromatic heterocycles. The monoisotopic (exact) mass is 330 g/mol. The average molecular weight is 330 g/mol. The highest BCUT2D eigenvalue weighted by Gasteiger charge is 2.20. The number of nitrogens with zero attached hydrogens (tertiary/aromatic N) is 4. The van der Waals surface area contributed by atoms with E-state index in [0.717, 1.165) is 44.7 Å². The van der Waals surface area contributed by atoms with Crippen molar-refractivity contribution in [3.05, 3.63) is 35.7 Å². The topological polar surface area (TPSA) is 65.6 Å². The molecule has 0 unspecified atom stereocenters. The predicted molar refractivity (Wildman–Crippen MR) is 92.5 cm³/mol. The van der Waals surface area contributed by atoms with E-state index < -0.39 is 0 Å². The summed E-state index contributed by atoms with van der Waals surface area (Å²) in [5, 5.41) is 13.6. The number of aryl methyl sites for hydroxylation is 1. The van der Waals surface area contributed by atoms with Crippen LogP contribution in [0.3, 0.4) is 0 Å². The predicted octanol–water partition coefficient (Wildman–Crippen LogP) is 1.80. The Labute approximate surface area is 143 Å². The fourth-order valence-electron chi connectivity index (χ4n) is 3.02. The van der Waals surface area contributed by atoms with Crippen molar-refractivity contribution in [2.45, 2.75) is 32.9 Å². The molecule has 24 heavy (non-hydrogen) atoms. The van der Waals surface area contributed by atoms with Crippen molar-refractivity contribution in [1.29, 1.82) is 0 Å². The number of piperazine rings is 1. The van der Waals surface area contributed by atoms with Gasteiger partial charge in [-0.25, -0.2) is 0 Å². The third-order valence-corrected chi connectivity index (χ3v) is 4.43. The Hall–Kier alpha value is -1.76. The minimum Gasteiger partial charge on any atom is -0.392 e. The van der Waals surface area contributed by atoms with Crippen molar-refractivity contribution >= 4 is 0 Å². The van der Waals surface area contributed by atoms with Crippen LogP contribution >= 0.6 is 0 Å². The maximum absolute atomic E-state index is 9.46. The smallest absolute Gasteiger partial charge is 0.241 e. The zero-order chi connectivity index (χ0) is 16.9. The van der Waals surface area contributed by atoms with Crippen molar-refractivity contribution in [2.75, 3.05) is 32.7 Å². The molecule has 1 aromatic carbocycles. The number of aliphatic hydroxyl groups excluding tert-OH is 1. The van der Waals surface area contributed by atoms with Gasteiger partial charge >= 0.3 is 0 Å². The standard InChI is InChI=1S/C18H26N4O2/c1-3-15-4-6-16(7-5-15)18-19-17(24-20-18)13-22-10-8-21(9-11-22)12-14(2)23/h4-7,14,23H,3,8-13H2,1-2H3/t14-/m1/s1. The van der Waals surface area contributed by atoms with Crippen LogP contribution in [-0.2, 0) is 13.0 Å². The average Bonchev–Trinajstić information content (AvgIpc) is 3.05. The second-order valence-electron chi connectivity index (χ2n) is 6.49. The Morgan fingerprint density at radius 1 is 1.12 bits per heavy atom. The van der Waals surface area contributed by atoms with Gasteiger partial charge < -0.3 is 9.63 Å². The quantitative estimate of drug-likeness (QED) is 0.871. The lowest BCUT2D eigenvalue weighted by Crippen LogP contribution is -2.47. The van der Waals surface area contributed by atoms with E-state index >= 15 is 0 Å². The Balaban J connectivity index is 1.54. The lowest BCUT2D eigenvalue weighted by Gasteiger charge is -2.34. The number of rotatable bonds is 6. The third kappa shape index (κ3) is 4.41. The summed E-state index contributed by atoms with van der Waals surface area (Å²) in [5.41, 5.74) is 2.29. The summed E-state index contributed by atoms with van der Waals surface area (Å²) in [7, 11) is 0. The first-order valence-corrected chi connectivity index (χ1v) is 8.68. The van der Waals surface area contributed by atoms with E-state index in [0.29, 0.717) is 18.3 Å². The van der Waals surface area contributed by atoms with E-state index in [1.54, 1.807) is 0 Å². The molecule has 1 fully saturated rings. The first kappa shape index (κ1) is 17.1. The molecule has 0 aliphatic carbocycles. The maximum Gasteiger partial charge on any atom is 0.241 e. The molecule has 0 amide bonds. The Morgan fingerprint density at radius 3 is 2.42 bits per heavy atom. The minimum absolute atomic E-state index is 0.269. The van der Waals surface area contributed by atoms with Gasteiger partial charge in [0.05, 0.1) is 12.6 Å². The maximum atomic E-state index is 9.46. The van der Waals surface area contributed by atoms with Gasteiger partial charge in [-0.15, -0.1) is 0 Å². The van der Waals surface area contributed by atoms with Gasteiger partial charge in [0.15, 0.2) is 0 Å². The van der Waals surface area contributed by atoms with Crippen LogP contribution < -0.4 is 0 Å². The van der Waals surface area contributed by atoms with Gasteiger partial charge in [-0.05, 0) is 18.9 Å². The van der Waals surface area contributed by atoms with Crippen molar-refractivity contribution in [2.24, 2.45) is 0 Å². The van der Waals surface area contributed by atoms with Crippen LogP contribution in [0.1, 0.15) is 25.3 Å². The van der Waals surface area contributed by atoms with Crippen molar-refractivity contribution in [1.82, 2.24) is 19.9 Å². The zero-order valence-electron chi connectivity index (χ0n) is 14.5. The molecule has 0 spiro atoms. The fraction of sp³-hybridized carbons (Fsp3) is 0.556. The van der Waals surface area contributed by atoms with Crippen LogP contribution in [0.2, 0.25) is 0 Å². The lowest BCUT2D eigenvalue weighted by molar-refractivity contribution is 0.0737. The number of hydrogen-bond donors (Lipinski definition) is 1. The molecule has 1 aliphatic heterocycles. The number of aromatic nitrogens is 2. The van der Waals surface area contributed by atoms with E-state index in [2.05, 4.69) is 39.0 Å².